The zero-order valence-electron chi connectivity index (χ0n) is 24.2. The Bertz CT molecular complexity index is 1210. The van der Waals surface area contributed by atoms with Crippen LogP contribution in [0.25, 0.3) is 5.76 Å². The number of carbonyl (C=O) groups is 2. The van der Waals surface area contributed by atoms with Gasteiger partial charge in [-0.15, -0.1) is 0 Å². The minimum Gasteiger partial charge on any atom is -0.507 e. The van der Waals surface area contributed by atoms with Crippen molar-refractivity contribution in [3.8, 4) is 0 Å². The highest BCUT2D eigenvalue weighted by molar-refractivity contribution is 9.10. The monoisotopic (exact) mass is 626 g/mol. The summed E-state index contributed by atoms with van der Waals surface area (Å²) in [4.78, 5) is 38.8. The number of hydrogen-bond donors (Lipinski definition) is 1. The van der Waals surface area contributed by atoms with Crippen molar-refractivity contribution in [2.75, 3.05) is 6.54 Å². The number of aliphatic hydroxyl groups excluding tert-OH is 1. The van der Waals surface area contributed by atoms with E-state index in [9.17, 15) is 24.8 Å². The van der Waals surface area contributed by atoms with Crippen LogP contribution >= 0.6 is 15.9 Å². The zero-order chi connectivity index (χ0) is 29.6. The molecule has 2 aromatic carbocycles. The van der Waals surface area contributed by atoms with E-state index in [1.165, 1.54) is 81.2 Å². The van der Waals surface area contributed by atoms with Crippen LogP contribution in [0.1, 0.15) is 114 Å². The molecule has 41 heavy (non-hydrogen) atoms. The summed E-state index contributed by atoms with van der Waals surface area (Å²) in [5.74, 6) is -1.75. The highest BCUT2D eigenvalue weighted by atomic mass is 79.9. The molecule has 1 saturated heterocycles. The molecule has 1 heterocycles. The van der Waals surface area contributed by atoms with Crippen LogP contribution in [0.15, 0.2) is 58.6 Å². The van der Waals surface area contributed by atoms with Crippen molar-refractivity contribution >= 4 is 39.1 Å². The molecular weight excluding hydrogens is 584 g/mol. The van der Waals surface area contributed by atoms with Gasteiger partial charge in [-0.05, 0) is 24.1 Å². The molecule has 0 aromatic heterocycles. The van der Waals surface area contributed by atoms with Crippen LogP contribution in [0.4, 0.5) is 5.69 Å². The first-order valence-corrected chi connectivity index (χ1v) is 15.9. The van der Waals surface area contributed by atoms with Gasteiger partial charge in [-0.25, -0.2) is 0 Å². The van der Waals surface area contributed by atoms with Gasteiger partial charge >= 0.3 is 0 Å². The molecule has 0 aliphatic carbocycles. The first-order chi connectivity index (χ1) is 19.8. The van der Waals surface area contributed by atoms with Gasteiger partial charge in [0.05, 0.1) is 16.5 Å². The molecule has 2 aromatic rings. The summed E-state index contributed by atoms with van der Waals surface area (Å²) < 4.78 is 0.713. The van der Waals surface area contributed by atoms with Gasteiger partial charge in [-0.1, -0.05) is 131 Å². The van der Waals surface area contributed by atoms with Crippen molar-refractivity contribution in [2.24, 2.45) is 0 Å². The Kier molecular flexibility index (Phi) is 13.5. The van der Waals surface area contributed by atoms with Gasteiger partial charge in [0.2, 0.25) is 0 Å². The molecule has 0 spiro atoms. The van der Waals surface area contributed by atoms with Crippen LogP contribution in [0.5, 0.6) is 0 Å². The second-order valence-electron chi connectivity index (χ2n) is 11.0. The number of nitrogens with zero attached hydrogens (tertiary/aromatic N) is 2. The molecule has 0 saturated carbocycles. The van der Waals surface area contributed by atoms with E-state index >= 15 is 0 Å². The molecule has 1 atom stereocenters. The van der Waals surface area contributed by atoms with Crippen LogP contribution in [-0.4, -0.2) is 33.2 Å². The third-order valence-electron chi connectivity index (χ3n) is 7.79. The number of likely N-dealkylation sites (tertiary alicyclic amines) is 1. The number of amides is 1. The van der Waals surface area contributed by atoms with Gasteiger partial charge in [0.15, 0.2) is 0 Å². The van der Waals surface area contributed by atoms with Crippen molar-refractivity contribution in [1.29, 1.82) is 0 Å². The summed E-state index contributed by atoms with van der Waals surface area (Å²) in [6.07, 6.45) is 17.0. The molecule has 8 heteroatoms. The fourth-order valence-electron chi connectivity index (χ4n) is 5.53. The number of Topliss-reactive ketones (excluding diaryl/α,β-unsaturated/α-hetero) is 1. The van der Waals surface area contributed by atoms with E-state index in [0.29, 0.717) is 28.6 Å². The maximum atomic E-state index is 13.2. The average molecular weight is 628 g/mol. The third-order valence-corrected chi connectivity index (χ3v) is 8.28. The lowest BCUT2D eigenvalue weighted by molar-refractivity contribution is -0.384. The standard InChI is InChI=1S/C33H43BrN2O5/c1-2-3-4-5-6-7-8-9-10-11-12-13-14-15-22-35-30(25-18-17-21-28(24-25)36(40)41)29(32(38)33(35)39)31(37)26-19-16-20-27(34)23-26/h16-21,23-24,30,37H,2-15,22H2,1H3/b31-29-. The predicted molar refractivity (Wildman–Crippen MR) is 167 cm³/mol. The number of nitro benzene ring substituents is 1. The fraction of sp³-hybridized carbons (Fsp3) is 0.515. The Morgan fingerprint density at radius 1 is 0.854 bits per heavy atom. The molecule has 1 aliphatic rings. The second-order valence-corrected chi connectivity index (χ2v) is 11.9. The van der Waals surface area contributed by atoms with Gasteiger partial charge in [0.1, 0.15) is 5.76 Å². The van der Waals surface area contributed by atoms with Crippen molar-refractivity contribution in [2.45, 2.75) is 103 Å². The van der Waals surface area contributed by atoms with E-state index in [2.05, 4.69) is 22.9 Å². The molecule has 1 aliphatic heterocycles. The smallest absolute Gasteiger partial charge is 0.295 e. The number of nitro groups is 1. The molecule has 1 unspecified atom stereocenters. The predicted octanol–water partition coefficient (Wildman–Crippen LogP) is 9.26. The third kappa shape index (κ3) is 9.52. The van der Waals surface area contributed by atoms with Gasteiger partial charge in [0, 0.05) is 28.7 Å². The minimum absolute atomic E-state index is 0.0426. The van der Waals surface area contributed by atoms with Crippen LogP contribution in [0.3, 0.4) is 0 Å². The molecule has 0 bridgehead atoms. The number of rotatable bonds is 18. The van der Waals surface area contributed by atoms with Gasteiger partial charge in [-0.3, -0.25) is 19.7 Å². The van der Waals surface area contributed by atoms with E-state index in [1.807, 2.05) is 0 Å². The topological polar surface area (TPSA) is 101 Å². The fourth-order valence-corrected chi connectivity index (χ4v) is 5.93. The number of aliphatic hydroxyl groups is 1. The number of ketones is 1. The number of unbranched alkanes of at least 4 members (excludes halogenated alkanes) is 13. The highest BCUT2D eigenvalue weighted by Gasteiger charge is 2.46. The minimum atomic E-state index is -0.893. The average Bonchev–Trinajstić information content (AvgIpc) is 3.22. The van der Waals surface area contributed by atoms with E-state index in [1.54, 1.807) is 36.4 Å². The Labute approximate surface area is 252 Å². The van der Waals surface area contributed by atoms with E-state index in [4.69, 9.17) is 0 Å². The molecule has 1 amide bonds. The Morgan fingerprint density at radius 3 is 1.98 bits per heavy atom. The van der Waals surface area contributed by atoms with Crippen LogP contribution in [0.2, 0.25) is 0 Å². The van der Waals surface area contributed by atoms with Crippen LogP contribution in [0, 0.1) is 10.1 Å². The SMILES string of the molecule is CCCCCCCCCCCCCCCCN1C(=O)C(=O)/C(=C(\O)c2cccc(Br)c2)C1c1cccc([N+](=O)[O-])c1. The lowest BCUT2D eigenvalue weighted by Crippen LogP contribution is -2.30. The number of non-ortho nitro benzene ring substituents is 1. The maximum Gasteiger partial charge on any atom is 0.295 e. The molecular formula is C33H43BrN2O5. The lowest BCUT2D eigenvalue weighted by atomic mass is 9.95. The van der Waals surface area contributed by atoms with Gasteiger partial charge in [0.25, 0.3) is 17.4 Å². The molecule has 0 radical (unpaired) electrons. The van der Waals surface area contributed by atoms with Crippen molar-refractivity contribution in [3.63, 3.8) is 0 Å². The molecule has 1 N–H and O–H groups in total. The largest absolute Gasteiger partial charge is 0.507 e. The summed E-state index contributed by atoms with van der Waals surface area (Å²) in [6, 6.07) is 11.9. The summed E-state index contributed by atoms with van der Waals surface area (Å²) in [5.41, 5.74) is 0.649. The first kappa shape index (κ1) is 32.5. The van der Waals surface area contributed by atoms with E-state index < -0.39 is 22.7 Å². The number of benzene rings is 2. The Balaban J connectivity index is 1.60. The van der Waals surface area contributed by atoms with E-state index in [-0.39, 0.29) is 17.0 Å². The maximum absolute atomic E-state index is 13.2. The van der Waals surface area contributed by atoms with Gasteiger partial charge < -0.3 is 10.0 Å². The highest BCUT2D eigenvalue weighted by Crippen LogP contribution is 2.40. The van der Waals surface area contributed by atoms with Gasteiger partial charge in [-0.2, -0.15) is 0 Å². The summed E-state index contributed by atoms with van der Waals surface area (Å²) in [5, 5.41) is 22.6. The van der Waals surface area contributed by atoms with Crippen molar-refractivity contribution in [1.82, 2.24) is 4.90 Å². The first-order valence-electron chi connectivity index (χ1n) is 15.1. The van der Waals surface area contributed by atoms with Crippen molar-refractivity contribution < 1.29 is 19.6 Å². The lowest BCUT2D eigenvalue weighted by Gasteiger charge is -2.25. The number of carbonyl (C=O) groups excluding carboxylic acids is 2. The van der Waals surface area contributed by atoms with Crippen LogP contribution in [-0.2, 0) is 9.59 Å². The zero-order valence-corrected chi connectivity index (χ0v) is 25.7. The molecule has 222 valence electrons. The second kappa shape index (κ2) is 17.1. The summed E-state index contributed by atoms with van der Waals surface area (Å²) >= 11 is 3.38. The van der Waals surface area contributed by atoms with Crippen LogP contribution < -0.4 is 0 Å². The van der Waals surface area contributed by atoms with E-state index in [0.717, 1.165) is 19.3 Å². The summed E-state index contributed by atoms with van der Waals surface area (Å²) in [7, 11) is 0. The quantitative estimate of drug-likeness (QED) is 0.0443. The summed E-state index contributed by atoms with van der Waals surface area (Å²) in [6.45, 7) is 2.58. The Hall–Kier alpha value is -3.00. The van der Waals surface area contributed by atoms with Crippen molar-refractivity contribution in [3.05, 3.63) is 79.8 Å². The molecule has 1 fully saturated rings. The molecule has 7 nitrogen and oxygen atoms in total. The molecule has 3 rings (SSSR count). The number of hydrogen-bond acceptors (Lipinski definition) is 5. The Morgan fingerprint density at radius 2 is 1.41 bits per heavy atom. The normalized spacial score (nSPS) is 16.4. The number of halogens is 1.